The summed E-state index contributed by atoms with van der Waals surface area (Å²) in [5.74, 6) is 0. The van der Waals surface area contributed by atoms with Gasteiger partial charge in [0.05, 0.1) is 0 Å². The maximum absolute atomic E-state index is 5.03. The summed E-state index contributed by atoms with van der Waals surface area (Å²) in [6, 6.07) is 54.9. The van der Waals surface area contributed by atoms with Crippen molar-refractivity contribution in [1.82, 2.24) is 9.97 Å². The van der Waals surface area contributed by atoms with Crippen molar-refractivity contribution in [1.29, 1.82) is 0 Å². The molecule has 0 fully saturated rings. The molecule has 10 rings (SSSR count). The van der Waals surface area contributed by atoms with E-state index in [9.17, 15) is 0 Å². The average Bonchev–Trinajstić information content (AvgIpc) is 3.46. The molecule has 2 heterocycles. The molecule has 9 aromatic rings. The predicted molar refractivity (Wildman–Crippen MR) is 242 cm³/mol. The molecule has 58 heavy (non-hydrogen) atoms. The molecule has 1 aliphatic rings. The molecule has 0 bridgehead atoms. The second-order valence-corrected chi connectivity index (χ2v) is 18.1. The van der Waals surface area contributed by atoms with E-state index in [0.29, 0.717) is 0 Å². The molecule has 0 atom stereocenters. The van der Waals surface area contributed by atoms with Crippen molar-refractivity contribution in [2.24, 2.45) is 0 Å². The van der Waals surface area contributed by atoms with Gasteiger partial charge in [-0.1, -0.05) is 157 Å². The molecule has 0 aliphatic heterocycles. The first-order valence-electron chi connectivity index (χ1n) is 20.1. The van der Waals surface area contributed by atoms with Gasteiger partial charge in [0.1, 0.15) is 0 Å². The van der Waals surface area contributed by atoms with E-state index in [1.165, 1.54) is 76.5 Å². The minimum Gasteiger partial charge on any atom is -0.305 e. The van der Waals surface area contributed by atoms with Crippen LogP contribution in [0.3, 0.4) is 0 Å². The zero-order valence-corrected chi connectivity index (χ0v) is 37.0. The van der Waals surface area contributed by atoms with E-state index < -0.39 is 0 Å². The van der Waals surface area contributed by atoms with Gasteiger partial charge in [-0.2, -0.15) is 0 Å². The van der Waals surface area contributed by atoms with E-state index in [4.69, 9.17) is 4.98 Å². The number of hydrogen-bond acceptors (Lipinski definition) is 2. The summed E-state index contributed by atoms with van der Waals surface area (Å²) < 4.78 is 0. The van der Waals surface area contributed by atoms with Crippen LogP contribution in [0.2, 0.25) is 0 Å². The number of nitrogens with zero attached hydrogens (tertiary/aromatic N) is 2. The van der Waals surface area contributed by atoms with Gasteiger partial charge in [-0.15, -0.1) is 59.2 Å². The first-order chi connectivity index (χ1) is 27.3. The van der Waals surface area contributed by atoms with Crippen LogP contribution in [0.25, 0.3) is 76.7 Å². The van der Waals surface area contributed by atoms with Crippen LogP contribution in [0.1, 0.15) is 77.6 Å². The van der Waals surface area contributed by atoms with E-state index in [-0.39, 0.29) is 36.4 Å². The zero-order chi connectivity index (χ0) is 39.7. The quantitative estimate of drug-likeness (QED) is 0.128. The number of rotatable bonds is 2. The van der Waals surface area contributed by atoms with Crippen molar-refractivity contribution >= 4 is 43.1 Å². The Morgan fingerprint density at radius 2 is 1.10 bits per heavy atom. The topological polar surface area (TPSA) is 25.8 Å². The minimum atomic E-state index is -0.165. The fraction of sp³-hybridized carbons (Fsp3) is 0.200. The van der Waals surface area contributed by atoms with Gasteiger partial charge >= 0.3 is 0 Å². The largest absolute Gasteiger partial charge is 0.305 e. The van der Waals surface area contributed by atoms with E-state index in [0.717, 1.165) is 22.5 Å². The molecule has 0 N–H and O–H groups in total. The Balaban J connectivity index is 0.000000191. The van der Waals surface area contributed by atoms with Crippen molar-refractivity contribution in [3.05, 3.63) is 180 Å². The van der Waals surface area contributed by atoms with Crippen LogP contribution in [0.15, 0.2) is 146 Å². The first kappa shape index (κ1) is 39.4. The Hall–Kier alpha value is -5.47. The molecule has 1 aliphatic carbocycles. The molecular weight excluding hydrogens is 881 g/mol. The van der Waals surface area contributed by atoms with Crippen LogP contribution >= 0.6 is 0 Å². The zero-order valence-electron chi connectivity index (χ0n) is 34.6. The third-order valence-corrected chi connectivity index (χ3v) is 12.0. The van der Waals surface area contributed by atoms with Gasteiger partial charge in [0.25, 0.3) is 0 Å². The van der Waals surface area contributed by atoms with Gasteiger partial charge in [-0.25, -0.2) is 0 Å². The maximum atomic E-state index is 5.03. The van der Waals surface area contributed by atoms with E-state index in [1.54, 1.807) is 0 Å². The third-order valence-electron chi connectivity index (χ3n) is 12.0. The molecule has 2 nitrogen and oxygen atoms in total. The molecule has 0 unspecified atom stereocenters. The summed E-state index contributed by atoms with van der Waals surface area (Å²) in [5.41, 5.74) is 12.2. The second kappa shape index (κ2) is 14.7. The molecule has 0 saturated carbocycles. The second-order valence-electron chi connectivity index (χ2n) is 18.1. The molecule has 0 amide bonds. The van der Waals surface area contributed by atoms with Crippen LogP contribution in [-0.4, -0.2) is 9.97 Å². The summed E-state index contributed by atoms with van der Waals surface area (Å²) >= 11 is 0. The summed E-state index contributed by atoms with van der Waals surface area (Å²) in [4.78, 5) is 9.54. The van der Waals surface area contributed by atoms with Crippen molar-refractivity contribution in [2.45, 2.75) is 71.6 Å². The molecule has 1 radical (unpaired) electrons. The third kappa shape index (κ3) is 6.75. The number of pyridine rings is 2. The number of fused-ring (bicyclic) bond motifs is 10. The normalized spacial score (nSPS) is 13.2. The number of hydrogen-bond donors (Lipinski definition) is 0. The van der Waals surface area contributed by atoms with E-state index in [2.05, 4.69) is 200 Å². The van der Waals surface area contributed by atoms with Crippen LogP contribution in [0.5, 0.6) is 0 Å². The van der Waals surface area contributed by atoms with Gasteiger partial charge in [-0.3, -0.25) is 0 Å². The van der Waals surface area contributed by atoms with Crippen molar-refractivity contribution in [3.63, 3.8) is 0 Å². The molecule has 2 aromatic heterocycles. The Bertz CT molecular complexity index is 2960. The van der Waals surface area contributed by atoms with Crippen LogP contribution in [-0.2, 0) is 36.4 Å². The number of aromatic nitrogens is 2. The van der Waals surface area contributed by atoms with Gasteiger partial charge in [0, 0.05) is 37.9 Å². The van der Waals surface area contributed by atoms with Crippen LogP contribution in [0, 0.1) is 12.1 Å². The summed E-state index contributed by atoms with van der Waals surface area (Å²) in [6.07, 6.45) is 3.87. The molecule has 0 spiro atoms. The Morgan fingerprint density at radius 1 is 0.517 bits per heavy atom. The predicted octanol–water partition coefficient (Wildman–Crippen LogP) is 14.6. The van der Waals surface area contributed by atoms with Crippen molar-refractivity contribution in [2.75, 3.05) is 0 Å². The maximum Gasteiger partial charge on any atom is 0.0167 e. The Kier molecular flexibility index (Phi) is 9.99. The standard InChI is InChI=1S/C36H24N.C19H24N.Ir/c1-36(2)32-19-15-23-9-4-6-11-25(23)33(32)31-20-21-37-35(34(31)36)30-13-7-12-26-28-16-14-22-8-3-5-10-24(22)27(28)17-18-29(26)30;1-18(2,3)15-9-7-8-14(12-15)17-13-16(10-11-20-17)19(4,5)6;/h3-12,14-21H,1-2H3;7,9-13H,1-6H3;/q2*-1;. The van der Waals surface area contributed by atoms with E-state index in [1.807, 2.05) is 18.5 Å². The van der Waals surface area contributed by atoms with Gasteiger partial charge in [0.15, 0.2) is 0 Å². The van der Waals surface area contributed by atoms with Crippen LogP contribution < -0.4 is 0 Å². The van der Waals surface area contributed by atoms with Gasteiger partial charge in [0.2, 0.25) is 0 Å². The van der Waals surface area contributed by atoms with Crippen molar-refractivity contribution < 1.29 is 20.1 Å². The van der Waals surface area contributed by atoms with Gasteiger partial charge in [-0.05, 0) is 94.5 Å². The van der Waals surface area contributed by atoms with Crippen molar-refractivity contribution in [3.8, 4) is 33.6 Å². The monoisotopic (exact) mass is 929 g/mol. The molecular formula is C55H48IrN2-2. The number of benzene rings is 7. The average molecular weight is 929 g/mol. The fourth-order valence-corrected chi connectivity index (χ4v) is 8.83. The summed E-state index contributed by atoms with van der Waals surface area (Å²) in [5, 5.41) is 10.1. The van der Waals surface area contributed by atoms with Gasteiger partial charge < -0.3 is 9.97 Å². The molecule has 289 valence electrons. The molecule has 0 saturated heterocycles. The summed E-state index contributed by atoms with van der Waals surface area (Å²) in [6.45, 7) is 18.0. The van der Waals surface area contributed by atoms with Crippen LogP contribution in [0.4, 0.5) is 0 Å². The molecule has 3 heteroatoms. The Labute approximate surface area is 356 Å². The SMILES string of the molecule is CC(C)(C)c1cc[c-]c(-c2cc(C(C)(C)C)ccn2)c1.CC1(C)c2ccc3ccccc3c2-c2ccnc(-c3[c-]ccc4c3ccc3c5ccccc5ccc43)c21.[Ir]. The fourth-order valence-electron chi connectivity index (χ4n) is 8.83. The summed E-state index contributed by atoms with van der Waals surface area (Å²) in [7, 11) is 0. The van der Waals surface area contributed by atoms with E-state index >= 15 is 0 Å². The minimum absolute atomic E-state index is 0. The smallest absolute Gasteiger partial charge is 0.0167 e. The Morgan fingerprint density at radius 3 is 1.86 bits per heavy atom. The first-order valence-corrected chi connectivity index (χ1v) is 20.1. The molecule has 7 aromatic carbocycles.